The molecule has 1 aromatic rings. The summed E-state index contributed by atoms with van der Waals surface area (Å²) in [6.07, 6.45) is 0.976. The molecule has 6 heteroatoms. The standard InChI is InChI=1S/C13H14N2O4/c1-8(2)19-13(18)9(7-14)6-10-4-5-11(12(16)17)15(10)3/h4-6,8H,1-3H3,(H,16,17). The number of aromatic nitrogens is 1. The van der Waals surface area contributed by atoms with Gasteiger partial charge in [-0.1, -0.05) is 0 Å². The van der Waals surface area contributed by atoms with Crippen molar-refractivity contribution in [3.63, 3.8) is 0 Å². The third kappa shape index (κ3) is 3.45. The molecule has 0 saturated carbocycles. The van der Waals surface area contributed by atoms with Gasteiger partial charge in [0.25, 0.3) is 0 Å². The van der Waals surface area contributed by atoms with Gasteiger partial charge in [-0.25, -0.2) is 9.59 Å². The third-order valence-electron chi connectivity index (χ3n) is 2.36. The predicted molar refractivity (Wildman–Crippen MR) is 67.2 cm³/mol. The molecule has 1 rings (SSSR count). The Morgan fingerprint density at radius 3 is 2.53 bits per heavy atom. The van der Waals surface area contributed by atoms with E-state index >= 15 is 0 Å². The van der Waals surface area contributed by atoms with E-state index in [1.807, 2.05) is 0 Å². The van der Waals surface area contributed by atoms with Crippen molar-refractivity contribution in [1.82, 2.24) is 4.57 Å². The second-order valence-corrected chi connectivity index (χ2v) is 4.13. The van der Waals surface area contributed by atoms with Crippen LogP contribution in [0.4, 0.5) is 0 Å². The molecule has 1 heterocycles. The second kappa shape index (κ2) is 5.87. The fourth-order valence-corrected chi connectivity index (χ4v) is 1.45. The molecule has 1 aromatic heterocycles. The fourth-order valence-electron chi connectivity index (χ4n) is 1.45. The molecule has 6 nitrogen and oxygen atoms in total. The van der Waals surface area contributed by atoms with Gasteiger partial charge in [0.2, 0.25) is 0 Å². The summed E-state index contributed by atoms with van der Waals surface area (Å²) in [4.78, 5) is 22.5. The summed E-state index contributed by atoms with van der Waals surface area (Å²) >= 11 is 0. The van der Waals surface area contributed by atoms with Crippen LogP contribution >= 0.6 is 0 Å². The van der Waals surface area contributed by atoms with E-state index in [1.165, 1.54) is 29.8 Å². The van der Waals surface area contributed by atoms with Crippen molar-refractivity contribution < 1.29 is 19.4 Å². The maximum absolute atomic E-state index is 11.6. The number of carbonyl (C=O) groups is 2. The van der Waals surface area contributed by atoms with E-state index < -0.39 is 11.9 Å². The van der Waals surface area contributed by atoms with Gasteiger partial charge >= 0.3 is 11.9 Å². The number of carboxylic acids is 1. The normalized spacial score (nSPS) is 11.2. The Hall–Kier alpha value is -2.55. The number of hydrogen-bond donors (Lipinski definition) is 1. The van der Waals surface area contributed by atoms with Crippen molar-refractivity contribution >= 4 is 18.0 Å². The molecule has 0 fully saturated rings. The average Bonchev–Trinajstić information content (AvgIpc) is 2.66. The van der Waals surface area contributed by atoms with E-state index in [0.717, 1.165) is 0 Å². The maximum Gasteiger partial charge on any atom is 0.352 e. The Labute approximate surface area is 110 Å². The number of nitrogens with zero attached hydrogens (tertiary/aromatic N) is 2. The van der Waals surface area contributed by atoms with Gasteiger partial charge in [-0.2, -0.15) is 5.26 Å². The minimum atomic E-state index is -1.08. The lowest BCUT2D eigenvalue weighted by Gasteiger charge is -2.07. The Kier molecular flexibility index (Phi) is 4.48. The highest BCUT2D eigenvalue weighted by Crippen LogP contribution is 2.12. The van der Waals surface area contributed by atoms with E-state index in [2.05, 4.69) is 0 Å². The Bertz CT molecular complexity index is 576. The Morgan fingerprint density at radius 1 is 1.47 bits per heavy atom. The molecule has 0 aliphatic rings. The zero-order valence-electron chi connectivity index (χ0n) is 10.9. The van der Waals surface area contributed by atoms with Crippen molar-refractivity contribution in [2.75, 3.05) is 0 Å². The van der Waals surface area contributed by atoms with Crippen LogP contribution in [0, 0.1) is 11.3 Å². The van der Waals surface area contributed by atoms with Crippen LogP contribution in [0.3, 0.4) is 0 Å². The molecule has 100 valence electrons. The summed E-state index contributed by atoms with van der Waals surface area (Å²) in [6, 6.07) is 4.66. The summed E-state index contributed by atoms with van der Waals surface area (Å²) in [5, 5.41) is 17.8. The number of carbonyl (C=O) groups excluding carboxylic acids is 1. The first-order valence-corrected chi connectivity index (χ1v) is 5.58. The first-order valence-electron chi connectivity index (χ1n) is 5.58. The van der Waals surface area contributed by atoms with Gasteiger partial charge in [-0.05, 0) is 32.1 Å². The minimum Gasteiger partial charge on any atom is -0.477 e. The van der Waals surface area contributed by atoms with Crippen LogP contribution < -0.4 is 0 Å². The van der Waals surface area contributed by atoms with Crippen LogP contribution in [0.5, 0.6) is 0 Å². The zero-order chi connectivity index (χ0) is 14.6. The topological polar surface area (TPSA) is 92.3 Å². The van der Waals surface area contributed by atoms with Crippen LogP contribution in [0.25, 0.3) is 6.08 Å². The van der Waals surface area contributed by atoms with E-state index in [0.29, 0.717) is 5.69 Å². The number of rotatable bonds is 4. The van der Waals surface area contributed by atoms with Crippen molar-refractivity contribution in [2.24, 2.45) is 7.05 Å². The number of carboxylic acid groups (broad SMARTS) is 1. The molecule has 0 aromatic carbocycles. The van der Waals surface area contributed by atoms with E-state index in [1.54, 1.807) is 19.9 Å². The largest absolute Gasteiger partial charge is 0.477 e. The molecule has 0 saturated heterocycles. The number of ether oxygens (including phenoxy) is 1. The van der Waals surface area contributed by atoms with Crippen LogP contribution in [-0.2, 0) is 16.6 Å². The van der Waals surface area contributed by atoms with Gasteiger partial charge < -0.3 is 14.4 Å². The quantitative estimate of drug-likeness (QED) is 0.505. The minimum absolute atomic E-state index is 0.0702. The third-order valence-corrected chi connectivity index (χ3v) is 2.36. The van der Waals surface area contributed by atoms with Gasteiger partial charge in [0.1, 0.15) is 17.3 Å². The number of esters is 1. The van der Waals surface area contributed by atoms with Gasteiger partial charge in [0.05, 0.1) is 6.10 Å². The van der Waals surface area contributed by atoms with Crippen molar-refractivity contribution in [3.05, 3.63) is 29.1 Å². The lowest BCUT2D eigenvalue weighted by molar-refractivity contribution is -0.142. The molecule has 0 aliphatic heterocycles. The average molecular weight is 262 g/mol. The molecule has 1 N–H and O–H groups in total. The monoisotopic (exact) mass is 262 g/mol. The van der Waals surface area contributed by atoms with Crippen molar-refractivity contribution in [3.8, 4) is 6.07 Å². The van der Waals surface area contributed by atoms with Crippen LogP contribution in [0.2, 0.25) is 0 Å². The molecule has 0 unspecified atom stereocenters. The lowest BCUT2D eigenvalue weighted by atomic mass is 10.2. The second-order valence-electron chi connectivity index (χ2n) is 4.13. The number of aromatic carboxylic acids is 1. The van der Waals surface area contributed by atoms with E-state index in [9.17, 15) is 9.59 Å². The molecule has 0 radical (unpaired) electrons. The molecule has 0 spiro atoms. The fraction of sp³-hybridized carbons (Fsp3) is 0.308. The summed E-state index contributed by atoms with van der Waals surface area (Å²) in [6.45, 7) is 3.36. The highest BCUT2D eigenvalue weighted by molar-refractivity contribution is 5.98. The smallest absolute Gasteiger partial charge is 0.352 e. The summed E-state index contributed by atoms with van der Waals surface area (Å²) in [7, 11) is 1.54. The molecule has 0 amide bonds. The number of nitriles is 1. The van der Waals surface area contributed by atoms with Gasteiger partial charge in [-0.15, -0.1) is 0 Å². The predicted octanol–water partition coefficient (Wildman–Crippen LogP) is 1.58. The van der Waals surface area contributed by atoms with Crippen molar-refractivity contribution in [1.29, 1.82) is 5.26 Å². The van der Waals surface area contributed by atoms with E-state index in [-0.39, 0.29) is 17.4 Å². The summed E-state index contributed by atoms with van der Waals surface area (Å²) in [5.41, 5.74) is 0.335. The molecule has 0 bridgehead atoms. The Balaban J connectivity index is 3.09. The SMILES string of the molecule is CC(C)OC(=O)C(C#N)=Cc1ccc(C(=O)O)n1C. The first kappa shape index (κ1) is 14.5. The van der Waals surface area contributed by atoms with Gasteiger partial charge in [0, 0.05) is 12.7 Å². The van der Waals surface area contributed by atoms with Gasteiger partial charge in [-0.3, -0.25) is 0 Å². The maximum atomic E-state index is 11.6. The first-order chi connectivity index (χ1) is 8.86. The van der Waals surface area contributed by atoms with Crippen LogP contribution in [0.15, 0.2) is 17.7 Å². The lowest BCUT2D eigenvalue weighted by Crippen LogP contribution is -2.13. The highest BCUT2D eigenvalue weighted by atomic mass is 16.5. The zero-order valence-corrected chi connectivity index (χ0v) is 10.9. The highest BCUT2D eigenvalue weighted by Gasteiger charge is 2.15. The molecular formula is C13H14N2O4. The summed E-state index contributed by atoms with van der Waals surface area (Å²) < 4.78 is 6.29. The number of hydrogen-bond acceptors (Lipinski definition) is 4. The van der Waals surface area contributed by atoms with E-state index in [4.69, 9.17) is 15.1 Å². The molecule has 0 aliphatic carbocycles. The molecule has 0 atom stereocenters. The molecule has 19 heavy (non-hydrogen) atoms. The Morgan fingerprint density at radius 2 is 2.11 bits per heavy atom. The summed E-state index contributed by atoms with van der Waals surface area (Å²) in [5.74, 6) is -1.80. The van der Waals surface area contributed by atoms with Crippen molar-refractivity contribution in [2.45, 2.75) is 20.0 Å². The van der Waals surface area contributed by atoms with Gasteiger partial charge in [0.15, 0.2) is 0 Å². The van der Waals surface area contributed by atoms with Crippen LogP contribution in [-0.4, -0.2) is 27.7 Å². The van der Waals surface area contributed by atoms with Crippen LogP contribution in [0.1, 0.15) is 30.0 Å². The molecular weight excluding hydrogens is 248 g/mol.